The third-order valence-corrected chi connectivity index (χ3v) is 5.71. The molecule has 130 valence electrons. The van der Waals surface area contributed by atoms with Gasteiger partial charge in [0.25, 0.3) is 5.56 Å². The molecule has 24 heavy (non-hydrogen) atoms. The first-order valence-corrected chi connectivity index (χ1v) is 9.17. The lowest BCUT2D eigenvalue weighted by molar-refractivity contribution is -0.139. The highest BCUT2D eigenvalue weighted by Gasteiger charge is 2.32. The van der Waals surface area contributed by atoms with Crippen LogP contribution in [0, 0.1) is 0 Å². The fourth-order valence-electron chi connectivity index (χ4n) is 3.46. The van der Waals surface area contributed by atoms with Gasteiger partial charge in [0, 0.05) is 23.9 Å². The molecule has 1 aliphatic carbocycles. The minimum atomic E-state index is -0.870. The summed E-state index contributed by atoms with van der Waals surface area (Å²) in [7, 11) is 0. The van der Waals surface area contributed by atoms with Crippen LogP contribution in [0.1, 0.15) is 61.2 Å². The van der Waals surface area contributed by atoms with Gasteiger partial charge in [0.05, 0.1) is 11.3 Å². The van der Waals surface area contributed by atoms with Crippen molar-refractivity contribution in [3.8, 4) is 0 Å². The number of rotatable bonds is 5. The molecule has 0 bridgehead atoms. The molecule has 1 atom stereocenters. The molecule has 1 aliphatic rings. The molecule has 0 fully saturated rings. The van der Waals surface area contributed by atoms with Crippen molar-refractivity contribution in [3.05, 3.63) is 26.6 Å². The molecule has 0 spiro atoms. The maximum Gasteiger partial charge on any atom is 0.311 e. The van der Waals surface area contributed by atoms with Crippen molar-refractivity contribution >= 4 is 27.5 Å². The highest BCUT2D eigenvalue weighted by Crippen LogP contribution is 2.40. The van der Waals surface area contributed by atoms with Gasteiger partial charge in [-0.1, -0.05) is 13.8 Å². The molecule has 1 unspecified atom stereocenters. The molecule has 2 aromatic heterocycles. The molecule has 0 amide bonds. The van der Waals surface area contributed by atoms with Crippen LogP contribution >= 0.6 is 11.3 Å². The second-order valence-electron chi connectivity index (χ2n) is 6.56. The predicted octanol–water partition coefficient (Wildman–Crippen LogP) is 2.47. The molecule has 2 N–H and O–H groups in total. The predicted molar refractivity (Wildman–Crippen MR) is 93.0 cm³/mol. The monoisotopic (exact) mass is 350 g/mol. The summed E-state index contributed by atoms with van der Waals surface area (Å²) in [6.07, 6.45) is 2.68. The largest absolute Gasteiger partial charge is 0.481 e. The van der Waals surface area contributed by atoms with Gasteiger partial charge in [0.2, 0.25) is 0 Å². The van der Waals surface area contributed by atoms with Crippen molar-refractivity contribution in [2.75, 3.05) is 6.61 Å². The van der Waals surface area contributed by atoms with Gasteiger partial charge < -0.3 is 10.2 Å². The van der Waals surface area contributed by atoms with Crippen LogP contribution < -0.4 is 5.56 Å². The van der Waals surface area contributed by atoms with Gasteiger partial charge in [-0.25, -0.2) is 4.98 Å². The van der Waals surface area contributed by atoms with E-state index in [2.05, 4.69) is 0 Å². The lowest BCUT2D eigenvalue weighted by Crippen LogP contribution is -2.28. The van der Waals surface area contributed by atoms with E-state index in [1.54, 1.807) is 4.57 Å². The Morgan fingerprint density at radius 2 is 2.21 bits per heavy atom. The Balaban J connectivity index is 2.30. The molecule has 0 saturated heterocycles. The minimum Gasteiger partial charge on any atom is -0.481 e. The summed E-state index contributed by atoms with van der Waals surface area (Å²) >= 11 is 1.46. The van der Waals surface area contributed by atoms with Crippen LogP contribution in [-0.2, 0) is 17.8 Å². The number of carboxylic acid groups (broad SMARTS) is 1. The number of hydrogen-bond donors (Lipinski definition) is 2. The van der Waals surface area contributed by atoms with E-state index in [9.17, 15) is 14.7 Å². The zero-order chi connectivity index (χ0) is 17.4. The van der Waals surface area contributed by atoms with E-state index < -0.39 is 11.9 Å². The summed E-state index contributed by atoms with van der Waals surface area (Å²) in [5.41, 5.74) is 0.516. The summed E-state index contributed by atoms with van der Waals surface area (Å²) in [6, 6.07) is 0. The van der Waals surface area contributed by atoms with E-state index in [4.69, 9.17) is 10.1 Å². The van der Waals surface area contributed by atoms with Gasteiger partial charge in [0.15, 0.2) is 0 Å². The van der Waals surface area contributed by atoms with E-state index in [1.165, 1.54) is 11.3 Å². The number of aliphatic hydroxyl groups excluding tert-OH is 1. The van der Waals surface area contributed by atoms with Gasteiger partial charge in [-0.2, -0.15) is 0 Å². The summed E-state index contributed by atoms with van der Waals surface area (Å²) in [6.45, 7) is 4.36. The van der Waals surface area contributed by atoms with Gasteiger partial charge >= 0.3 is 5.97 Å². The number of aliphatic hydroxyl groups is 1. The number of carbonyl (C=O) groups is 1. The number of carboxylic acids is 1. The highest BCUT2D eigenvalue weighted by atomic mass is 32.1. The Morgan fingerprint density at radius 3 is 2.83 bits per heavy atom. The molecule has 0 radical (unpaired) electrons. The van der Waals surface area contributed by atoms with Gasteiger partial charge in [-0.05, 0) is 31.2 Å². The Kier molecular flexibility index (Phi) is 4.73. The molecular formula is C17H22N2O4S. The molecule has 2 aromatic rings. The second kappa shape index (κ2) is 6.64. The Morgan fingerprint density at radius 1 is 1.46 bits per heavy atom. The first-order valence-electron chi connectivity index (χ1n) is 8.35. The summed E-state index contributed by atoms with van der Waals surface area (Å²) in [5.74, 6) is -0.709. The summed E-state index contributed by atoms with van der Waals surface area (Å²) in [4.78, 5) is 31.1. The lowest BCUT2D eigenvalue weighted by atomic mass is 9.86. The van der Waals surface area contributed by atoms with Gasteiger partial charge in [0.1, 0.15) is 10.7 Å². The van der Waals surface area contributed by atoms with E-state index >= 15 is 0 Å². The molecule has 0 aromatic carbocycles. The van der Waals surface area contributed by atoms with E-state index in [-0.39, 0.29) is 18.1 Å². The SMILES string of the molecule is CC(C)c1nc2sc3c(c2c(=O)n1CCCO)C(C(=O)O)CCC3. The van der Waals surface area contributed by atoms with Crippen molar-refractivity contribution in [1.82, 2.24) is 9.55 Å². The van der Waals surface area contributed by atoms with E-state index in [0.717, 1.165) is 17.7 Å². The van der Waals surface area contributed by atoms with Crippen LogP contribution in [0.2, 0.25) is 0 Å². The third-order valence-electron chi connectivity index (χ3n) is 4.55. The van der Waals surface area contributed by atoms with Crippen LogP contribution in [0.5, 0.6) is 0 Å². The first-order chi connectivity index (χ1) is 11.5. The van der Waals surface area contributed by atoms with Crippen molar-refractivity contribution in [2.45, 2.75) is 57.9 Å². The van der Waals surface area contributed by atoms with Crippen LogP contribution in [0.15, 0.2) is 4.79 Å². The number of aliphatic carboxylic acids is 1. The fourth-order valence-corrected chi connectivity index (χ4v) is 4.74. The molecule has 0 aliphatic heterocycles. The molecule has 2 heterocycles. The maximum atomic E-state index is 13.1. The quantitative estimate of drug-likeness (QED) is 0.864. The maximum absolute atomic E-state index is 13.1. The molecule has 3 rings (SSSR count). The Hall–Kier alpha value is -1.73. The van der Waals surface area contributed by atoms with Crippen LogP contribution in [0.25, 0.3) is 10.2 Å². The zero-order valence-electron chi connectivity index (χ0n) is 13.9. The van der Waals surface area contributed by atoms with Crippen LogP contribution in [0.3, 0.4) is 0 Å². The average molecular weight is 350 g/mol. The minimum absolute atomic E-state index is 0.00150. The summed E-state index contributed by atoms with van der Waals surface area (Å²) in [5, 5.41) is 19.1. The van der Waals surface area contributed by atoms with Crippen LogP contribution in [-0.4, -0.2) is 32.3 Å². The number of fused-ring (bicyclic) bond motifs is 3. The van der Waals surface area contributed by atoms with E-state index in [0.29, 0.717) is 41.0 Å². The van der Waals surface area contributed by atoms with Crippen molar-refractivity contribution in [1.29, 1.82) is 0 Å². The van der Waals surface area contributed by atoms with Gasteiger partial charge in [-0.3, -0.25) is 14.2 Å². The van der Waals surface area contributed by atoms with Crippen LogP contribution in [0.4, 0.5) is 0 Å². The number of nitrogens with zero attached hydrogens (tertiary/aromatic N) is 2. The normalized spacial score (nSPS) is 17.4. The van der Waals surface area contributed by atoms with Crippen molar-refractivity contribution < 1.29 is 15.0 Å². The molecule has 7 heteroatoms. The fraction of sp³-hybridized carbons (Fsp3) is 0.588. The van der Waals surface area contributed by atoms with Crippen molar-refractivity contribution in [2.24, 2.45) is 0 Å². The van der Waals surface area contributed by atoms with E-state index in [1.807, 2.05) is 13.8 Å². The average Bonchev–Trinajstić information content (AvgIpc) is 2.91. The number of thiophene rings is 1. The second-order valence-corrected chi connectivity index (χ2v) is 7.64. The molecular weight excluding hydrogens is 328 g/mol. The first kappa shape index (κ1) is 17.1. The Labute approximate surface area is 143 Å². The Bertz CT molecular complexity index is 837. The summed E-state index contributed by atoms with van der Waals surface area (Å²) < 4.78 is 1.61. The molecule has 0 saturated carbocycles. The topological polar surface area (TPSA) is 92.4 Å². The smallest absolute Gasteiger partial charge is 0.311 e. The third kappa shape index (κ3) is 2.75. The number of aromatic nitrogens is 2. The lowest BCUT2D eigenvalue weighted by Gasteiger charge is -2.19. The highest BCUT2D eigenvalue weighted by molar-refractivity contribution is 7.18. The van der Waals surface area contributed by atoms with Crippen molar-refractivity contribution in [3.63, 3.8) is 0 Å². The van der Waals surface area contributed by atoms with Gasteiger partial charge in [-0.15, -0.1) is 11.3 Å². The number of hydrogen-bond acceptors (Lipinski definition) is 5. The number of aryl methyl sites for hydroxylation is 1. The standard InChI is InChI=1S/C17H22N2O4S/c1-9(2)14-18-15-13(16(21)19(14)7-4-8-20)12-10(17(22)23)5-3-6-11(12)24-15/h9-10,20H,3-8H2,1-2H3,(H,22,23). The molecule has 6 nitrogen and oxygen atoms in total. The zero-order valence-corrected chi connectivity index (χ0v) is 14.7.